The van der Waals surface area contributed by atoms with Gasteiger partial charge in [-0.2, -0.15) is 0 Å². The van der Waals surface area contributed by atoms with E-state index >= 15 is 0 Å². The highest BCUT2D eigenvalue weighted by molar-refractivity contribution is 7.14. The molecule has 0 aliphatic carbocycles. The van der Waals surface area contributed by atoms with Crippen molar-refractivity contribution in [1.29, 1.82) is 0 Å². The van der Waals surface area contributed by atoms with Crippen LogP contribution in [0.3, 0.4) is 0 Å². The van der Waals surface area contributed by atoms with E-state index in [2.05, 4.69) is 29.1 Å². The van der Waals surface area contributed by atoms with Gasteiger partial charge in [-0.05, 0) is 43.5 Å². The van der Waals surface area contributed by atoms with Crippen LogP contribution in [-0.4, -0.2) is 20.0 Å². The molecule has 0 radical (unpaired) electrons. The third-order valence-corrected chi connectivity index (χ3v) is 4.93. The number of halogens is 1. The fourth-order valence-corrected chi connectivity index (χ4v) is 3.55. The smallest absolute Gasteiger partial charge is 0.226 e. The van der Waals surface area contributed by atoms with E-state index in [1.54, 1.807) is 17.6 Å². The van der Waals surface area contributed by atoms with E-state index in [9.17, 15) is 0 Å². The van der Waals surface area contributed by atoms with Crippen molar-refractivity contribution in [2.45, 2.75) is 19.9 Å². The van der Waals surface area contributed by atoms with Crippen LogP contribution in [0.25, 0.3) is 33.1 Å². The molecule has 4 aromatic rings. The summed E-state index contributed by atoms with van der Waals surface area (Å²) in [5.41, 5.74) is 3.43. The summed E-state index contributed by atoms with van der Waals surface area (Å²) in [5.74, 6) is 0.547. The van der Waals surface area contributed by atoms with Crippen molar-refractivity contribution in [3.8, 4) is 22.0 Å². The molecule has 0 bridgehead atoms. The molecule has 0 unspecified atom stereocenters. The Morgan fingerprint density at radius 2 is 2.13 bits per heavy atom. The molecule has 0 saturated heterocycles. The molecule has 0 spiro atoms. The second kappa shape index (κ2) is 5.47. The number of fused-ring (bicyclic) bond motifs is 1. The lowest BCUT2D eigenvalue weighted by Crippen LogP contribution is -2.02. The van der Waals surface area contributed by atoms with Crippen LogP contribution in [0.5, 0.6) is 0 Å². The highest BCUT2D eigenvalue weighted by Gasteiger charge is 2.14. The van der Waals surface area contributed by atoms with Crippen molar-refractivity contribution in [3.63, 3.8) is 0 Å². The van der Waals surface area contributed by atoms with Gasteiger partial charge in [0.25, 0.3) is 0 Å². The summed E-state index contributed by atoms with van der Waals surface area (Å²) in [5, 5.41) is 11.0. The van der Waals surface area contributed by atoms with E-state index < -0.39 is 0 Å². The second-order valence-corrected chi connectivity index (χ2v) is 6.79. The van der Waals surface area contributed by atoms with E-state index in [0.717, 1.165) is 27.2 Å². The van der Waals surface area contributed by atoms with E-state index in [-0.39, 0.29) is 6.04 Å². The first-order valence-electron chi connectivity index (χ1n) is 7.17. The van der Waals surface area contributed by atoms with Crippen molar-refractivity contribution in [3.05, 3.63) is 40.9 Å². The van der Waals surface area contributed by atoms with Crippen LogP contribution in [0.2, 0.25) is 5.02 Å². The van der Waals surface area contributed by atoms with Crippen LogP contribution in [0, 0.1) is 0 Å². The van der Waals surface area contributed by atoms with Crippen LogP contribution in [-0.2, 0) is 0 Å². The SMILES string of the molecule is CC(C)n1nnc2cc(-c3nc(-c4sccc4Cl)co3)ccc21. The fraction of sp³-hybridized carbons (Fsp3) is 0.188. The number of aromatic nitrogens is 4. The Morgan fingerprint density at radius 3 is 2.87 bits per heavy atom. The maximum absolute atomic E-state index is 6.15. The minimum Gasteiger partial charge on any atom is -0.444 e. The van der Waals surface area contributed by atoms with Crippen molar-refractivity contribution < 1.29 is 4.42 Å². The van der Waals surface area contributed by atoms with Crippen molar-refractivity contribution in [2.75, 3.05) is 0 Å². The Labute approximate surface area is 141 Å². The van der Waals surface area contributed by atoms with E-state index in [0.29, 0.717) is 10.9 Å². The molecule has 0 saturated carbocycles. The average molecular weight is 345 g/mol. The lowest BCUT2D eigenvalue weighted by Gasteiger charge is -2.04. The van der Waals surface area contributed by atoms with Crippen molar-refractivity contribution in [2.24, 2.45) is 0 Å². The van der Waals surface area contributed by atoms with E-state index in [1.807, 2.05) is 34.3 Å². The highest BCUT2D eigenvalue weighted by atomic mass is 35.5. The number of oxazole rings is 1. The number of benzene rings is 1. The first-order valence-corrected chi connectivity index (χ1v) is 8.43. The number of thiophene rings is 1. The van der Waals surface area contributed by atoms with Crippen LogP contribution in [0.15, 0.2) is 40.3 Å². The number of hydrogen-bond acceptors (Lipinski definition) is 5. The zero-order valence-corrected chi connectivity index (χ0v) is 14.1. The van der Waals surface area contributed by atoms with Gasteiger partial charge in [0.05, 0.1) is 15.4 Å². The molecule has 0 fully saturated rings. The average Bonchev–Trinajstić information content (AvgIpc) is 3.24. The van der Waals surface area contributed by atoms with Gasteiger partial charge >= 0.3 is 0 Å². The van der Waals surface area contributed by atoms with Crippen LogP contribution < -0.4 is 0 Å². The summed E-state index contributed by atoms with van der Waals surface area (Å²) in [7, 11) is 0. The first-order chi connectivity index (χ1) is 11.1. The molecule has 0 aliphatic heterocycles. The molecular weight excluding hydrogens is 332 g/mol. The third-order valence-electron chi connectivity index (χ3n) is 3.56. The maximum atomic E-state index is 6.15. The standard InChI is InChI=1S/C16H13ClN4OS/c1-9(2)21-14-4-3-10(7-12(14)19-20-21)16-18-13(8-22-16)15-11(17)5-6-23-15/h3-9H,1-2H3. The number of hydrogen-bond donors (Lipinski definition) is 0. The largest absolute Gasteiger partial charge is 0.444 e. The van der Waals surface area contributed by atoms with Crippen LogP contribution in [0.4, 0.5) is 0 Å². The molecule has 1 aromatic carbocycles. The molecular formula is C16H13ClN4OS. The zero-order chi connectivity index (χ0) is 16.0. The maximum Gasteiger partial charge on any atom is 0.226 e. The predicted molar refractivity (Wildman–Crippen MR) is 91.7 cm³/mol. The van der Waals surface area contributed by atoms with E-state index in [4.69, 9.17) is 16.0 Å². The molecule has 0 amide bonds. The van der Waals surface area contributed by atoms with Gasteiger partial charge in [0.2, 0.25) is 5.89 Å². The lowest BCUT2D eigenvalue weighted by atomic mass is 10.2. The summed E-state index contributed by atoms with van der Waals surface area (Å²) in [6, 6.07) is 8.02. The Balaban J connectivity index is 1.75. The summed E-state index contributed by atoms with van der Waals surface area (Å²) >= 11 is 7.69. The molecule has 0 N–H and O–H groups in total. The number of nitrogens with zero attached hydrogens (tertiary/aromatic N) is 4. The van der Waals surface area contributed by atoms with E-state index in [1.165, 1.54) is 0 Å². The topological polar surface area (TPSA) is 56.7 Å². The van der Waals surface area contributed by atoms with Crippen molar-refractivity contribution >= 4 is 34.0 Å². The minimum absolute atomic E-state index is 0.264. The minimum atomic E-state index is 0.264. The molecule has 7 heteroatoms. The highest BCUT2D eigenvalue weighted by Crippen LogP contribution is 2.34. The van der Waals surface area contributed by atoms with Gasteiger partial charge in [-0.3, -0.25) is 0 Å². The van der Waals surface area contributed by atoms with Gasteiger partial charge < -0.3 is 4.42 Å². The van der Waals surface area contributed by atoms with Gasteiger partial charge in [0.15, 0.2) is 0 Å². The summed E-state index contributed by atoms with van der Waals surface area (Å²) < 4.78 is 7.51. The quantitative estimate of drug-likeness (QED) is 0.522. The third kappa shape index (κ3) is 2.44. The van der Waals surface area contributed by atoms with Gasteiger partial charge in [-0.1, -0.05) is 16.8 Å². The predicted octanol–water partition coefficient (Wildman–Crippen LogP) is 5.05. The molecule has 3 heterocycles. The molecule has 3 aromatic heterocycles. The zero-order valence-electron chi connectivity index (χ0n) is 12.5. The van der Waals surface area contributed by atoms with Crippen LogP contribution >= 0.6 is 22.9 Å². The summed E-state index contributed by atoms with van der Waals surface area (Å²) in [6.45, 7) is 4.15. The summed E-state index contributed by atoms with van der Waals surface area (Å²) in [6.07, 6.45) is 1.63. The van der Waals surface area contributed by atoms with Gasteiger partial charge in [0, 0.05) is 11.6 Å². The Hall–Kier alpha value is -2.18. The molecule has 5 nitrogen and oxygen atoms in total. The summed E-state index contributed by atoms with van der Waals surface area (Å²) in [4.78, 5) is 5.45. The Kier molecular flexibility index (Phi) is 3.43. The van der Waals surface area contributed by atoms with Gasteiger partial charge in [-0.15, -0.1) is 16.4 Å². The first kappa shape index (κ1) is 14.4. The monoisotopic (exact) mass is 344 g/mol. The van der Waals surface area contributed by atoms with Crippen LogP contribution in [0.1, 0.15) is 19.9 Å². The molecule has 116 valence electrons. The van der Waals surface area contributed by atoms with Crippen molar-refractivity contribution in [1.82, 2.24) is 20.0 Å². The molecule has 0 aliphatic rings. The molecule has 0 atom stereocenters. The molecule has 4 rings (SSSR count). The Morgan fingerprint density at radius 1 is 1.26 bits per heavy atom. The second-order valence-electron chi connectivity index (χ2n) is 5.47. The lowest BCUT2D eigenvalue weighted by molar-refractivity contribution is 0.530. The van der Waals surface area contributed by atoms with Gasteiger partial charge in [-0.25, -0.2) is 9.67 Å². The normalized spacial score (nSPS) is 11.7. The van der Waals surface area contributed by atoms with Gasteiger partial charge in [0.1, 0.15) is 17.5 Å². The Bertz CT molecular complexity index is 985. The molecule has 23 heavy (non-hydrogen) atoms. The number of rotatable bonds is 3. The fourth-order valence-electron chi connectivity index (χ4n) is 2.44.